The average Bonchev–Trinajstić information content (AvgIpc) is 2.59. The molecule has 2 N–H and O–H groups in total. The zero-order chi connectivity index (χ0) is 18.4. The van der Waals surface area contributed by atoms with Gasteiger partial charge in [-0.25, -0.2) is 0 Å². The second-order valence-electron chi connectivity index (χ2n) is 6.66. The molecule has 2 rings (SSSR count). The van der Waals surface area contributed by atoms with E-state index in [0.717, 1.165) is 23.8 Å². The number of ether oxygens (including phenoxy) is 1. The normalized spacial score (nSPS) is 12.2. The Labute approximate surface area is 149 Å². The minimum atomic E-state index is -0.262. The number of hydrogen-bond acceptors (Lipinski definition) is 4. The van der Waals surface area contributed by atoms with E-state index in [0.29, 0.717) is 23.7 Å². The Bertz CT molecular complexity index is 705. The van der Waals surface area contributed by atoms with Crippen LogP contribution in [-0.2, 0) is 11.2 Å². The standard InChI is InChI=1S/C21H26O4/c1-14(2)4-9-19-20(25-3)11-10-18(21(19)24)17(12-13-22)15-5-7-16(23)8-6-15/h5-8,10-11,13-14,17,23-24H,4,9,12H2,1-3H3. The molecular formula is C21H26O4. The highest BCUT2D eigenvalue weighted by molar-refractivity contribution is 5.58. The van der Waals surface area contributed by atoms with Crippen molar-refractivity contribution in [3.05, 3.63) is 53.1 Å². The number of carbonyl (C=O) groups is 1. The molecule has 25 heavy (non-hydrogen) atoms. The minimum Gasteiger partial charge on any atom is -0.508 e. The molecular weight excluding hydrogens is 316 g/mol. The van der Waals surface area contributed by atoms with E-state index in [1.165, 1.54) is 0 Å². The number of benzene rings is 2. The van der Waals surface area contributed by atoms with Gasteiger partial charge in [-0.2, -0.15) is 0 Å². The van der Waals surface area contributed by atoms with Gasteiger partial charge < -0.3 is 19.7 Å². The van der Waals surface area contributed by atoms with Gasteiger partial charge in [-0.05, 0) is 42.5 Å². The highest BCUT2D eigenvalue weighted by Crippen LogP contribution is 2.40. The Kier molecular flexibility index (Phi) is 6.45. The minimum absolute atomic E-state index is 0.171. The molecule has 1 atom stereocenters. The molecule has 0 saturated carbocycles. The molecule has 0 spiro atoms. The van der Waals surface area contributed by atoms with E-state index in [1.807, 2.05) is 12.1 Å². The highest BCUT2D eigenvalue weighted by atomic mass is 16.5. The number of carbonyl (C=O) groups excluding carboxylic acids is 1. The summed E-state index contributed by atoms with van der Waals surface area (Å²) in [6.45, 7) is 4.28. The number of phenols is 2. The van der Waals surface area contributed by atoms with Crippen LogP contribution in [0, 0.1) is 5.92 Å². The number of aldehydes is 1. The van der Waals surface area contributed by atoms with Crippen LogP contribution in [0.5, 0.6) is 17.2 Å². The van der Waals surface area contributed by atoms with Crippen LogP contribution < -0.4 is 4.74 Å². The van der Waals surface area contributed by atoms with Crippen molar-refractivity contribution in [3.8, 4) is 17.2 Å². The summed E-state index contributed by atoms with van der Waals surface area (Å²) in [5.41, 5.74) is 2.36. The summed E-state index contributed by atoms with van der Waals surface area (Å²) < 4.78 is 5.41. The summed E-state index contributed by atoms with van der Waals surface area (Å²) in [6, 6.07) is 10.4. The Hall–Kier alpha value is -2.49. The van der Waals surface area contributed by atoms with Crippen LogP contribution in [0.15, 0.2) is 36.4 Å². The van der Waals surface area contributed by atoms with Crippen molar-refractivity contribution in [1.82, 2.24) is 0 Å². The van der Waals surface area contributed by atoms with Crippen molar-refractivity contribution in [2.75, 3.05) is 7.11 Å². The van der Waals surface area contributed by atoms with E-state index in [2.05, 4.69) is 13.8 Å². The van der Waals surface area contributed by atoms with Gasteiger partial charge in [0.1, 0.15) is 23.5 Å². The molecule has 2 aromatic rings. The van der Waals surface area contributed by atoms with E-state index >= 15 is 0 Å². The monoisotopic (exact) mass is 342 g/mol. The fourth-order valence-electron chi connectivity index (χ4n) is 3.03. The topological polar surface area (TPSA) is 66.8 Å². The van der Waals surface area contributed by atoms with Crippen LogP contribution in [0.2, 0.25) is 0 Å². The molecule has 0 heterocycles. The molecule has 0 aliphatic rings. The molecule has 2 aromatic carbocycles. The van der Waals surface area contributed by atoms with Gasteiger partial charge >= 0.3 is 0 Å². The number of methoxy groups -OCH3 is 1. The third kappa shape index (κ3) is 4.53. The Morgan fingerprint density at radius 1 is 1.08 bits per heavy atom. The maximum absolute atomic E-state index is 11.2. The second-order valence-corrected chi connectivity index (χ2v) is 6.66. The van der Waals surface area contributed by atoms with Crippen molar-refractivity contribution >= 4 is 6.29 Å². The molecule has 0 amide bonds. The number of phenolic OH excluding ortho intramolecular Hbond substituents is 2. The molecule has 1 unspecified atom stereocenters. The lowest BCUT2D eigenvalue weighted by Crippen LogP contribution is -2.05. The zero-order valence-electron chi connectivity index (χ0n) is 15.0. The van der Waals surface area contributed by atoms with Crippen LogP contribution in [0.3, 0.4) is 0 Å². The summed E-state index contributed by atoms with van der Waals surface area (Å²) >= 11 is 0. The van der Waals surface area contributed by atoms with Crippen LogP contribution in [0.25, 0.3) is 0 Å². The molecule has 0 fully saturated rings. The molecule has 134 valence electrons. The Balaban J connectivity index is 2.48. The van der Waals surface area contributed by atoms with Gasteiger partial charge in [0.25, 0.3) is 0 Å². The molecule has 4 heteroatoms. The first-order valence-corrected chi connectivity index (χ1v) is 8.59. The summed E-state index contributed by atoms with van der Waals surface area (Å²) in [5, 5.41) is 20.4. The fraction of sp³-hybridized carbons (Fsp3) is 0.381. The summed E-state index contributed by atoms with van der Waals surface area (Å²) in [7, 11) is 1.59. The molecule has 0 bridgehead atoms. The van der Waals surface area contributed by atoms with E-state index < -0.39 is 0 Å². The van der Waals surface area contributed by atoms with Crippen molar-refractivity contribution in [3.63, 3.8) is 0 Å². The first-order chi connectivity index (χ1) is 12.0. The Morgan fingerprint density at radius 3 is 2.32 bits per heavy atom. The van der Waals surface area contributed by atoms with Crippen molar-refractivity contribution in [1.29, 1.82) is 0 Å². The van der Waals surface area contributed by atoms with Crippen LogP contribution >= 0.6 is 0 Å². The third-order valence-corrected chi connectivity index (χ3v) is 4.47. The predicted molar refractivity (Wildman–Crippen MR) is 98.4 cm³/mol. The number of hydrogen-bond donors (Lipinski definition) is 2. The van der Waals surface area contributed by atoms with Crippen molar-refractivity contribution < 1.29 is 19.7 Å². The Morgan fingerprint density at radius 2 is 1.76 bits per heavy atom. The maximum atomic E-state index is 11.2. The largest absolute Gasteiger partial charge is 0.508 e. The van der Waals surface area contributed by atoms with E-state index in [-0.39, 0.29) is 23.8 Å². The van der Waals surface area contributed by atoms with Crippen LogP contribution in [0.4, 0.5) is 0 Å². The number of rotatable bonds is 8. The van der Waals surface area contributed by atoms with Gasteiger partial charge in [-0.15, -0.1) is 0 Å². The first kappa shape index (κ1) is 18.8. The summed E-state index contributed by atoms with van der Waals surface area (Å²) in [4.78, 5) is 11.2. The maximum Gasteiger partial charge on any atom is 0.126 e. The smallest absolute Gasteiger partial charge is 0.126 e. The van der Waals surface area contributed by atoms with Gasteiger partial charge in [0, 0.05) is 23.5 Å². The molecule has 0 aromatic heterocycles. The molecule has 0 aliphatic carbocycles. The quantitative estimate of drug-likeness (QED) is 0.697. The van der Waals surface area contributed by atoms with Crippen LogP contribution in [0.1, 0.15) is 49.3 Å². The van der Waals surface area contributed by atoms with Gasteiger partial charge in [0.15, 0.2) is 0 Å². The van der Waals surface area contributed by atoms with E-state index in [1.54, 1.807) is 31.4 Å². The molecule has 0 saturated heterocycles. The lowest BCUT2D eigenvalue weighted by molar-refractivity contribution is -0.108. The van der Waals surface area contributed by atoms with Crippen LogP contribution in [-0.4, -0.2) is 23.6 Å². The van der Waals surface area contributed by atoms with E-state index in [9.17, 15) is 15.0 Å². The molecule has 0 radical (unpaired) electrons. The van der Waals surface area contributed by atoms with Crippen molar-refractivity contribution in [2.45, 2.75) is 39.0 Å². The first-order valence-electron chi connectivity index (χ1n) is 8.59. The predicted octanol–water partition coefficient (Wildman–Crippen LogP) is 4.42. The summed E-state index contributed by atoms with van der Waals surface area (Å²) in [6.07, 6.45) is 2.76. The average molecular weight is 342 g/mol. The lowest BCUT2D eigenvalue weighted by Gasteiger charge is -2.21. The highest BCUT2D eigenvalue weighted by Gasteiger charge is 2.22. The van der Waals surface area contributed by atoms with Crippen molar-refractivity contribution in [2.24, 2.45) is 5.92 Å². The second kappa shape index (κ2) is 8.56. The van der Waals surface area contributed by atoms with Gasteiger partial charge in [-0.3, -0.25) is 0 Å². The third-order valence-electron chi connectivity index (χ3n) is 4.47. The van der Waals surface area contributed by atoms with Gasteiger partial charge in [-0.1, -0.05) is 32.0 Å². The molecule has 4 nitrogen and oxygen atoms in total. The van der Waals surface area contributed by atoms with E-state index in [4.69, 9.17) is 4.74 Å². The van der Waals surface area contributed by atoms with Gasteiger partial charge in [0.05, 0.1) is 7.11 Å². The summed E-state index contributed by atoms with van der Waals surface area (Å²) in [5.74, 6) is 1.28. The fourth-order valence-corrected chi connectivity index (χ4v) is 3.03. The number of aromatic hydroxyl groups is 2. The molecule has 0 aliphatic heterocycles. The van der Waals surface area contributed by atoms with Gasteiger partial charge in [0.2, 0.25) is 0 Å². The lowest BCUT2D eigenvalue weighted by atomic mass is 9.86. The SMILES string of the molecule is COc1ccc(C(CC=O)c2ccc(O)cc2)c(O)c1CCC(C)C. The zero-order valence-corrected chi connectivity index (χ0v) is 15.0.